The summed E-state index contributed by atoms with van der Waals surface area (Å²) in [6.45, 7) is 0.330. The Labute approximate surface area is 105 Å². The Morgan fingerprint density at radius 3 is 2.00 bits per heavy atom. The number of nitrogens with one attached hydrogen (secondary N) is 1. The van der Waals surface area contributed by atoms with Crippen molar-refractivity contribution in [2.24, 2.45) is 0 Å². The van der Waals surface area contributed by atoms with E-state index in [2.05, 4.69) is 0 Å². The van der Waals surface area contributed by atoms with Crippen LogP contribution in [0.15, 0.2) is 58.3 Å². The Morgan fingerprint density at radius 1 is 0.882 bits per heavy atom. The third-order valence-electron chi connectivity index (χ3n) is 2.53. The molecule has 0 fully saturated rings. The van der Waals surface area contributed by atoms with E-state index in [1.54, 1.807) is 11.8 Å². The molecule has 2 nitrogen and oxygen atoms in total. The average molecular weight is 244 g/mol. The molecule has 0 aliphatic heterocycles. The lowest BCUT2D eigenvalue weighted by Crippen LogP contribution is -1.90. The smallest absolute Gasteiger partial charge is 0.0692 e. The fraction of sp³-hybridized carbons (Fsp3) is 0.143. The van der Waals surface area contributed by atoms with E-state index in [0.29, 0.717) is 0 Å². The van der Waals surface area contributed by atoms with Gasteiger partial charge in [-0.15, -0.1) is 0 Å². The number of aliphatic hydroxyl groups excluding tert-OH is 1. The Bertz CT molecular complexity index is 454. The second-order valence-electron chi connectivity index (χ2n) is 3.65. The van der Waals surface area contributed by atoms with Crippen LogP contribution in [0.25, 0.3) is 0 Å². The molecule has 0 aliphatic rings. The third kappa shape index (κ3) is 2.88. The molecule has 87 valence electrons. The highest BCUT2D eigenvalue weighted by Crippen LogP contribution is 2.32. The molecule has 0 heterocycles. The van der Waals surface area contributed by atoms with Crippen molar-refractivity contribution in [2.45, 2.75) is 22.9 Å². The van der Waals surface area contributed by atoms with Gasteiger partial charge in [-0.3, -0.25) is 5.73 Å². The predicted octanol–water partition coefficient (Wildman–Crippen LogP) is 3.11. The molecule has 2 N–H and O–H groups in total. The van der Waals surface area contributed by atoms with Crippen LogP contribution in [0, 0.1) is 0 Å². The van der Waals surface area contributed by atoms with Crippen molar-refractivity contribution in [3.8, 4) is 0 Å². The second kappa shape index (κ2) is 5.87. The van der Waals surface area contributed by atoms with Crippen LogP contribution in [-0.4, -0.2) is 5.11 Å². The molecule has 17 heavy (non-hydrogen) atoms. The summed E-state index contributed by atoms with van der Waals surface area (Å²) in [6.07, 6.45) is 0. The number of hydrogen-bond acceptors (Lipinski definition) is 2. The van der Waals surface area contributed by atoms with E-state index in [1.165, 1.54) is 0 Å². The van der Waals surface area contributed by atoms with Gasteiger partial charge in [0.1, 0.15) is 0 Å². The van der Waals surface area contributed by atoms with Gasteiger partial charge in [0, 0.05) is 16.3 Å². The first-order valence-electron chi connectivity index (χ1n) is 5.44. The fourth-order valence-electron chi connectivity index (χ4n) is 1.60. The summed E-state index contributed by atoms with van der Waals surface area (Å²) in [5.74, 6) is 0. The molecular formula is C14H14NOS. The van der Waals surface area contributed by atoms with Gasteiger partial charge < -0.3 is 5.11 Å². The maximum absolute atomic E-state index is 9.27. The fourth-order valence-corrected chi connectivity index (χ4v) is 2.67. The largest absolute Gasteiger partial charge is 0.392 e. The number of benzene rings is 2. The number of rotatable bonds is 4. The molecule has 0 saturated heterocycles. The quantitative estimate of drug-likeness (QED) is 0.898. The Balaban J connectivity index is 2.31. The van der Waals surface area contributed by atoms with Crippen LogP contribution in [0.2, 0.25) is 0 Å². The summed E-state index contributed by atoms with van der Waals surface area (Å²) >= 11 is 1.61. The molecule has 2 aromatic rings. The molecule has 0 saturated carbocycles. The monoisotopic (exact) mass is 244 g/mol. The van der Waals surface area contributed by atoms with Crippen LogP contribution in [0.1, 0.15) is 11.1 Å². The molecule has 0 unspecified atom stereocenters. The second-order valence-corrected chi connectivity index (χ2v) is 4.74. The Kier molecular flexibility index (Phi) is 4.20. The molecule has 1 radical (unpaired) electrons. The van der Waals surface area contributed by atoms with E-state index in [0.717, 1.165) is 20.9 Å². The van der Waals surface area contributed by atoms with Crippen LogP contribution >= 0.6 is 11.8 Å². The van der Waals surface area contributed by atoms with Gasteiger partial charge in [-0.1, -0.05) is 48.2 Å². The minimum atomic E-state index is 0.0478. The van der Waals surface area contributed by atoms with Gasteiger partial charge in [-0.05, 0) is 23.3 Å². The Hall–Kier alpha value is -1.29. The summed E-state index contributed by atoms with van der Waals surface area (Å²) in [4.78, 5) is 2.14. The van der Waals surface area contributed by atoms with Crippen LogP contribution in [0.4, 0.5) is 0 Å². The zero-order chi connectivity index (χ0) is 12.1. The average Bonchev–Trinajstić information content (AvgIpc) is 2.40. The van der Waals surface area contributed by atoms with Gasteiger partial charge in [-0.2, -0.15) is 0 Å². The van der Waals surface area contributed by atoms with Gasteiger partial charge in [0.2, 0.25) is 0 Å². The van der Waals surface area contributed by atoms with Crippen molar-refractivity contribution >= 4 is 11.8 Å². The maximum atomic E-state index is 9.27. The lowest BCUT2D eigenvalue weighted by Gasteiger charge is -2.09. The summed E-state index contributed by atoms with van der Waals surface area (Å²) in [5, 5.41) is 9.27. The van der Waals surface area contributed by atoms with Crippen molar-refractivity contribution in [1.29, 1.82) is 0 Å². The van der Waals surface area contributed by atoms with Crippen LogP contribution < -0.4 is 5.73 Å². The van der Waals surface area contributed by atoms with E-state index in [9.17, 15) is 5.11 Å². The summed E-state index contributed by atoms with van der Waals surface area (Å²) in [7, 11) is 0. The highest BCUT2D eigenvalue weighted by molar-refractivity contribution is 7.99. The first-order valence-corrected chi connectivity index (χ1v) is 6.26. The normalized spacial score (nSPS) is 10.5. The van der Waals surface area contributed by atoms with E-state index < -0.39 is 0 Å². The SMILES string of the molecule is [NH]Cc1ccccc1Sc1ccccc1CO. The van der Waals surface area contributed by atoms with Gasteiger partial charge in [-0.25, -0.2) is 0 Å². The van der Waals surface area contributed by atoms with Crippen LogP contribution in [0.3, 0.4) is 0 Å². The summed E-state index contributed by atoms with van der Waals surface area (Å²) in [5.41, 5.74) is 9.43. The third-order valence-corrected chi connectivity index (χ3v) is 3.76. The minimum Gasteiger partial charge on any atom is -0.392 e. The van der Waals surface area contributed by atoms with Crippen molar-refractivity contribution in [1.82, 2.24) is 5.73 Å². The van der Waals surface area contributed by atoms with Crippen molar-refractivity contribution < 1.29 is 5.11 Å². The van der Waals surface area contributed by atoms with Gasteiger partial charge in [0.05, 0.1) is 6.61 Å². The maximum Gasteiger partial charge on any atom is 0.0692 e. The molecule has 0 spiro atoms. The lowest BCUT2D eigenvalue weighted by atomic mass is 10.2. The van der Waals surface area contributed by atoms with Gasteiger partial charge in [0.15, 0.2) is 0 Å². The van der Waals surface area contributed by atoms with E-state index in [1.807, 2.05) is 48.5 Å². The first-order chi connectivity index (χ1) is 8.35. The molecule has 0 aliphatic carbocycles. The molecule has 0 amide bonds. The number of hydrogen-bond donors (Lipinski definition) is 1. The molecule has 0 atom stereocenters. The molecule has 0 bridgehead atoms. The number of aliphatic hydroxyl groups is 1. The molecule has 0 aromatic heterocycles. The minimum absolute atomic E-state index is 0.0478. The molecular weight excluding hydrogens is 230 g/mol. The van der Waals surface area contributed by atoms with Gasteiger partial charge in [0.25, 0.3) is 0 Å². The standard InChI is InChI=1S/C14H14NOS/c15-9-11-5-1-3-7-13(11)17-14-8-4-2-6-12(14)10-16/h1-8,15-16H,9-10H2. The zero-order valence-electron chi connectivity index (χ0n) is 9.39. The van der Waals surface area contributed by atoms with Crippen LogP contribution in [0.5, 0.6) is 0 Å². The molecule has 3 heteroatoms. The van der Waals surface area contributed by atoms with Crippen molar-refractivity contribution in [3.05, 3.63) is 59.7 Å². The van der Waals surface area contributed by atoms with E-state index in [4.69, 9.17) is 5.73 Å². The molecule has 2 rings (SSSR count). The molecule has 2 aromatic carbocycles. The zero-order valence-corrected chi connectivity index (χ0v) is 10.2. The predicted molar refractivity (Wildman–Crippen MR) is 69.7 cm³/mol. The summed E-state index contributed by atoms with van der Waals surface area (Å²) < 4.78 is 0. The van der Waals surface area contributed by atoms with Crippen LogP contribution in [-0.2, 0) is 13.2 Å². The van der Waals surface area contributed by atoms with Crippen molar-refractivity contribution in [3.63, 3.8) is 0 Å². The van der Waals surface area contributed by atoms with E-state index >= 15 is 0 Å². The van der Waals surface area contributed by atoms with Crippen molar-refractivity contribution in [2.75, 3.05) is 0 Å². The summed E-state index contributed by atoms with van der Waals surface area (Å²) in [6, 6.07) is 15.7. The first kappa shape index (κ1) is 12.2. The topological polar surface area (TPSA) is 44.0 Å². The van der Waals surface area contributed by atoms with E-state index in [-0.39, 0.29) is 13.2 Å². The lowest BCUT2D eigenvalue weighted by molar-refractivity contribution is 0.279. The van der Waals surface area contributed by atoms with Gasteiger partial charge >= 0.3 is 0 Å². The highest BCUT2D eigenvalue weighted by Gasteiger charge is 2.05. The highest BCUT2D eigenvalue weighted by atomic mass is 32.2. The Morgan fingerprint density at radius 2 is 1.41 bits per heavy atom.